The summed E-state index contributed by atoms with van der Waals surface area (Å²) in [4.78, 5) is 14.1. The van der Waals surface area contributed by atoms with Crippen molar-refractivity contribution < 1.29 is 13.2 Å². The molecule has 0 heterocycles. The number of hydrogen-bond donors (Lipinski definition) is 2. The van der Waals surface area contributed by atoms with Crippen molar-refractivity contribution in [3.63, 3.8) is 0 Å². The van der Waals surface area contributed by atoms with E-state index in [2.05, 4.69) is 10.0 Å². The molecule has 0 saturated carbocycles. The second-order valence-corrected chi connectivity index (χ2v) is 8.09. The topological polar surface area (TPSA) is 78.5 Å². The summed E-state index contributed by atoms with van der Waals surface area (Å²) in [6.45, 7) is 1.35. The van der Waals surface area contributed by atoms with Gasteiger partial charge < -0.3 is 10.2 Å². The molecule has 0 fully saturated rings. The molecule has 0 saturated heterocycles. The zero-order valence-corrected chi connectivity index (χ0v) is 16.3. The SMILES string of the molecule is CN(C)CCCNC(=O)c1ccc(Cl)c(S(=O)(=O)Nc2ccccc2)c1. The van der Waals surface area contributed by atoms with E-state index in [0.717, 1.165) is 13.0 Å². The van der Waals surface area contributed by atoms with E-state index in [4.69, 9.17) is 11.6 Å². The smallest absolute Gasteiger partial charge is 0.263 e. The van der Waals surface area contributed by atoms with Crippen molar-refractivity contribution in [2.75, 3.05) is 31.9 Å². The van der Waals surface area contributed by atoms with E-state index in [0.29, 0.717) is 12.2 Å². The Labute approximate surface area is 159 Å². The molecule has 0 radical (unpaired) electrons. The van der Waals surface area contributed by atoms with Crippen LogP contribution in [0.1, 0.15) is 16.8 Å². The van der Waals surface area contributed by atoms with Gasteiger partial charge in [-0.3, -0.25) is 9.52 Å². The van der Waals surface area contributed by atoms with Crippen LogP contribution in [-0.4, -0.2) is 46.4 Å². The Bertz CT molecular complexity index is 855. The van der Waals surface area contributed by atoms with Gasteiger partial charge in [0.1, 0.15) is 4.90 Å². The summed E-state index contributed by atoms with van der Waals surface area (Å²) in [5.41, 5.74) is 0.662. The summed E-state index contributed by atoms with van der Waals surface area (Å²) in [5.74, 6) is -0.336. The number of carbonyl (C=O) groups excluding carboxylic acids is 1. The second kappa shape index (κ2) is 9.02. The fourth-order valence-electron chi connectivity index (χ4n) is 2.27. The first-order valence-corrected chi connectivity index (χ1v) is 9.96. The van der Waals surface area contributed by atoms with Gasteiger partial charge >= 0.3 is 0 Å². The van der Waals surface area contributed by atoms with Crippen molar-refractivity contribution in [1.29, 1.82) is 0 Å². The number of benzene rings is 2. The minimum absolute atomic E-state index is 0.0533. The molecule has 2 aromatic carbocycles. The minimum Gasteiger partial charge on any atom is -0.352 e. The van der Waals surface area contributed by atoms with E-state index in [9.17, 15) is 13.2 Å². The van der Waals surface area contributed by atoms with Crippen LogP contribution in [0.25, 0.3) is 0 Å². The van der Waals surface area contributed by atoms with Crippen LogP contribution in [0, 0.1) is 0 Å². The van der Waals surface area contributed by atoms with E-state index in [1.165, 1.54) is 18.2 Å². The minimum atomic E-state index is -3.91. The molecule has 0 aliphatic carbocycles. The van der Waals surface area contributed by atoms with Gasteiger partial charge in [-0.2, -0.15) is 0 Å². The maximum atomic E-state index is 12.6. The van der Waals surface area contributed by atoms with Crippen LogP contribution in [0.2, 0.25) is 5.02 Å². The van der Waals surface area contributed by atoms with Gasteiger partial charge in [-0.05, 0) is 57.4 Å². The highest BCUT2D eigenvalue weighted by Gasteiger charge is 2.20. The van der Waals surface area contributed by atoms with Gasteiger partial charge in [-0.25, -0.2) is 8.42 Å². The van der Waals surface area contributed by atoms with Crippen molar-refractivity contribution >= 4 is 33.2 Å². The predicted molar refractivity (Wildman–Crippen MR) is 104 cm³/mol. The Kier molecular flexibility index (Phi) is 7.02. The third-order valence-electron chi connectivity index (χ3n) is 3.58. The first-order chi connectivity index (χ1) is 12.3. The maximum absolute atomic E-state index is 12.6. The Morgan fingerprint density at radius 3 is 2.46 bits per heavy atom. The molecule has 8 heteroatoms. The van der Waals surface area contributed by atoms with Gasteiger partial charge in [-0.1, -0.05) is 29.8 Å². The number of halogens is 1. The van der Waals surface area contributed by atoms with Crippen molar-refractivity contribution in [3.05, 3.63) is 59.1 Å². The monoisotopic (exact) mass is 395 g/mol. The number of nitrogens with one attached hydrogen (secondary N) is 2. The Balaban J connectivity index is 2.14. The number of para-hydroxylation sites is 1. The van der Waals surface area contributed by atoms with Gasteiger partial charge in [0.15, 0.2) is 0 Å². The fourth-order valence-corrected chi connectivity index (χ4v) is 3.85. The summed E-state index contributed by atoms with van der Waals surface area (Å²) in [6, 6.07) is 12.7. The highest BCUT2D eigenvalue weighted by Crippen LogP contribution is 2.25. The molecule has 0 spiro atoms. The Morgan fingerprint density at radius 2 is 1.81 bits per heavy atom. The van der Waals surface area contributed by atoms with E-state index < -0.39 is 10.0 Å². The number of sulfonamides is 1. The van der Waals surface area contributed by atoms with Gasteiger partial charge in [0.25, 0.3) is 15.9 Å². The number of anilines is 1. The molecule has 0 bridgehead atoms. The first kappa shape index (κ1) is 20.2. The summed E-state index contributed by atoms with van der Waals surface area (Å²) in [7, 11) is 0.00744. The number of carbonyl (C=O) groups is 1. The average Bonchev–Trinajstić information content (AvgIpc) is 2.59. The molecular formula is C18H22ClN3O3S. The molecule has 2 N–H and O–H groups in total. The van der Waals surface area contributed by atoms with Gasteiger partial charge in [0.2, 0.25) is 0 Å². The molecule has 1 amide bonds. The van der Waals surface area contributed by atoms with Crippen LogP contribution in [-0.2, 0) is 10.0 Å². The normalized spacial score (nSPS) is 11.4. The summed E-state index contributed by atoms with van der Waals surface area (Å²) in [5, 5.41) is 2.83. The maximum Gasteiger partial charge on any atom is 0.263 e. The number of hydrogen-bond acceptors (Lipinski definition) is 4. The van der Waals surface area contributed by atoms with Crippen molar-refractivity contribution in [2.45, 2.75) is 11.3 Å². The number of rotatable bonds is 8. The van der Waals surface area contributed by atoms with Crippen molar-refractivity contribution in [1.82, 2.24) is 10.2 Å². The number of nitrogens with zero attached hydrogens (tertiary/aromatic N) is 1. The van der Waals surface area contributed by atoms with Crippen LogP contribution in [0.5, 0.6) is 0 Å². The summed E-state index contributed by atoms with van der Waals surface area (Å²) in [6.07, 6.45) is 0.799. The van der Waals surface area contributed by atoms with Gasteiger partial charge in [0, 0.05) is 17.8 Å². The average molecular weight is 396 g/mol. The first-order valence-electron chi connectivity index (χ1n) is 8.10. The second-order valence-electron chi connectivity index (χ2n) is 6.03. The molecular weight excluding hydrogens is 374 g/mol. The molecule has 0 unspecified atom stereocenters. The van der Waals surface area contributed by atoms with Crippen molar-refractivity contribution in [3.8, 4) is 0 Å². The van der Waals surface area contributed by atoms with E-state index in [-0.39, 0.29) is 21.4 Å². The van der Waals surface area contributed by atoms with E-state index in [1.54, 1.807) is 30.3 Å². The molecule has 26 heavy (non-hydrogen) atoms. The molecule has 0 aliphatic rings. The van der Waals surface area contributed by atoms with Gasteiger partial charge in [0.05, 0.1) is 5.02 Å². The number of amides is 1. The third-order valence-corrected chi connectivity index (χ3v) is 5.44. The Hall–Kier alpha value is -2.09. The zero-order chi connectivity index (χ0) is 19.2. The highest BCUT2D eigenvalue weighted by molar-refractivity contribution is 7.92. The lowest BCUT2D eigenvalue weighted by atomic mass is 10.2. The van der Waals surface area contributed by atoms with Crippen LogP contribution in [0.4, 0.5) is 5.69 Å². The lowest BCUT2D eigenvalue weighted by Gasteiger charge is -2.12. The molecule has 140 valence electrons. The van der Waals surface area contributed by atoms with Crippen molar-refractivity contribution in [2.24, 2.45) is 0 Å². The molecule has 0 aromatic heterocycles. The summed E-state index contributed by atoms with van der Waals surface area (Å²) >= 11 is 6.06. The third kappa shape index (κ3) is 5.72. The lowest BCUT2D eigenvalue weighted by molar-refractivity contribution is 0.0952. The van der Waals surface area contributed by atoms with Gasteiger partial charge in [-0.15, -0.1) is 0 Å². The quantitative estimate of drug-likeness (QED) is 0.673. The summed E-state index contributed by atoms with van der Waals surface area (Å²) < 4.78 is 27.7. The van der Waals surface area contributed by atoms with E-state index in [1.807, 2.05) is 19.0 Å². The Morgan fingerprint density at radius 1 is 1.12 bits per heavy atom. The largest absolute Gasteiger partial charge is 0.352 e. The highest BCUT2D eigenvalue weighted by atomic mass is 35.5. The standard InChI is InChI=1S/C18H22ClN3O3S/c1-22(2)12-6-11-20-18(23)14-9-10-16(19)17(13-14)26(24,25)21-15-7-4-3-5-8-15/h3-5,7-10,13,21H,6,11-12H2,1-2H3,(H,20,23). The van der Waals surface area contributed by atoms with Crippen LogP contribution in [0.3, 0.4) is 0 Å². The molecule has 6 nitrogen and oxygen atoms in total. The van der Waals surface area contributed by atoms with Crippen LogP contribution < -0.4 is 10.0 Å². The predicted octanol–water partition coefficient (Wildman–Crippen LogP) is 2.82. The van der Waals surface area contributed by atoms with E-state index >= 15 is 0 Å². The van der Waals surface area contributed by atoms with Crippen LogP contribution in [0.15, 0.2) is 53.4 Å². The molecule has 2 aromatic rings. The fraction of sp³-hybridized carbons (Fsp3) is 0.278. The van der Waals surface area contributed by atoms with Crippen LogP contribution >= 0.6 is 11.6 Å². The molecule has 0 aliphatic heterocycles. The molecule has 2 rings (SSSR count). The zero-order valence-electron chi connectivity index (χ0n) is 14.7. The lowest BCUT2D eigenvalue weighted by Crippen LogP contribution is -2.27. The molecule has 0 atom stereocenters.